The second-order valence-corrected chi connectivity index (χ2v) is 2.30. The van der Waals surface area contributed by atoms with Gasteiger partial charge in [-0.3, -0.25) is 4.79 Å². The molecular formula is C7H13NO4. The van der Waals surface area contributed by atoms with E-state index in [0.29, 0.717) is 0 Å². The number of amides is 1. The van der Waals surface area contributed by atoms with Gasteiger partial charge in [-0.1, -0.05) is 6.92 Å². The van der Waals surface area contributed by atoms with Gasteiger partial charge in [-0.25, -0.2) is 4.79 Å². The molecule has 0 aromatic rings. The van der Waals surface area contributed by atoms with E-state index in [1.807, 2.05) is 0 Å². The third-order valence-electron chi connectivity index (χ3n) is 1.34. The molecule has 1 unspecified atom stereocenters. The lowest BCUT2D eigenvalue weighted by Gasteiger charge is -2.08. The second-order valence-electron chi connectivity index (χ2n) is 2.30. The molecule has 0 aromatic carbocycles. The summed E-state index contributed by atoms with van der Waals surface area (Å²) in [6.07, 6.45) is -0.550. The van der Waals surface area contributed by atoms with Crippen LogP contribution in [0, 0.1) is 5.92 Å². The molecule has 1 N–H and O–H groups in total. The quantitative estimate of drug-likeness (QED) is 0.620. The van der Waals surface area contributed by atoms with Crippen molar-refractivity contribution in [3.63, 3.8) is 0 Å². The molecule has 0 rings (SSSR count). The van der Waals surface area contributed by atoms with Crippen molar-refractivity contribution in [1.82, 2.24) is 5.32 Å². The van der Waals surface area contributed by atoms with Crippen LogP contribution in [-0.2, 0) is 14.3 Å². The number of carbonyl (C=O) groups excluding carboxylic acids is 2. The number of methoxy groups -OCH3 is 2. The third kappa shape index (κ3) is 3.80. The number of rotatable bonds is 3. The summed E-state index contributed by atoms with van der Waals surface area (Å²) in [5.74, 6) is -0.708. The lowest BCUT2D eigenvalue weighted by molar-refractivity contribution is -0.144. The predicted octanol–water partition coefficient (Wildman–Crippen LogP) is 0.151. The predicted molar refractivity (Wildman–Crippen MR) is 41.6 cm³/mol. The highest BCUT2D eigenvalue weighted by molar-refractivity contribution is 5.73. The summed E-state index contributed by atoms with van der Waals surface area (Å²) in [6, 6.07) is 0. The first-order chi connectivity index (χ1) is 5.61. The summed E-state index contributed by atoms with van der Waals surface area (Å²) in [5.41, 5.74) is 0. The summed E-state index contributed by atoms with van der Waals surface area (Å²) in [4.78, 5) is 21.3. The van der Waals surface area contributed by atoms with E-state index in [0.717, 1.165) is 0 Å². The van der Waals surface area contributed by atoms with Crippen LogP contribution < -0.4 is 5.32 Å². The molecule has 0 saturated carbocycles. The fraction of sp³-hybridized carbons (Fsp3) is 0.714. The Kier molecular flexibility index (Phi) is 4.83. The number of esters is 1. The van der Waals surface area contributed by atoms with E-state index in [2.05, 4.69) is 14.8 Å². The summed E-state index contributed by atoms with van der Waals surface area (Å²) in [5, 5.41) is 2.39. The maximum Gasteiger partial charge on any atom is 0.406 e. The second kappa shape index (κ2) is 5.40. The lowest BCUT2D eigenvalue weighted by Crippen LogP contribution is -2.31. The molecular weight excluding hydrogens is 162 g/mol. The first-order valence-corrected chi connectivity index (χ1v) is 3.51. The molecule has 0 bridgehead atoms. The number of carbonyl (C=O) groups is 2. The molecule has 70 valence electrons. The monoisotopic (exact) mass is 175 g/mol. The maximum absolute atomic E-state index is 10.8. The van der Waals surface area contributed by atoms with Crippen molar-refractivity contribution >= 4 is 12.1 Å². The van der Waals surface area contributed by atoms with Gasteiger partial charge in [0.2, 0.25) is 0 Å². The van der Waals surface area contributed by atoms with E-state index < -0.39 is 6.09 Å². The van der Waals surface area contributed by atoms with Crippen molar-refractivity contribution in [3.8, 4) is 0 Å². The van der Waals surface area contributed by atoms with Gasteiger partial charge in [0.15, 0.2) is 0 Å². The fourth-order valence-electron chi connectivity index (χ4n) is 0.593. The van der Waals surface area contributed by atoms with E-state index in [1.54, 1.807) is 6.92 Å². The first kappa shape index (κ1) is 10.7. The van der Waals surface area contributed by atoms with Crippen LogP contribution >= 0.6 is 0 Å². The van der Waals surface area contributed by atoms with Crippen LogP contribution in [0.4, 0.5) is 4.79 Å². The van der Waals surface area contributed by atoms with Crippen molar-refractivity contribution in [3.05, 3.63) is 0 Å². The molecule has 0 heterocycles. The Morgan fingerprint density at radius 3 is 2.33 bits per heavy atom. The van der Waals surface area contributed by atoms with Gasteiger partial charge in [0.05, 0.1) is 20.1 Å². The van der Waals surface area contributed by atoms with Gasteiger partial charge in [0, 0.05) is 6.54 Å². The van der Waals surface area contributed by atoms with Gasteiger partial charge in [-0.15, -0.1) is 0 Å². The van der Waals surface area contributed by atoms with Gasteiger partial charge < -0.3 is 14.8 Å². The summed E-state index contributed by atoms with van der Waals surface area (Å²) in [7, 11) is 2.56. The smallest absolute Gasteiger partial charge is 0.406 e. The van der Waals surface area contributed by atoms with E-state index >= 15 is 0 Å². The van der Waals surface area contributed by atoms with Crippen LogP contribution in [0.2, 0.25) is 0 Å². The zero-order chi connectivity index (χ0) is 9.56. The topological polar surface area (TPSA) is 64.6 Å². The zero-order valence-electron chi connectivity index (χ0n) is 7.42. The van der Waals surface area contributed by atoms with E-state index in [4.69, 9.17) is 0 Å². The van der Waals surface area contributed by atoms with Gasteiger partial charge in [-0.05, 0) is 0 Å². The molecule has 0 saturated heterocycles. The molecule has 0 aliphatic heterocycles. The standard InChI is InChI=1S/C7H13NO4/c1-5(6(9)11-2)4-8-7(10)12-3/h5H,4H2,1-3H3,(H,8,10). The number of ether oxygens (including phenoxy) is 2. The highest BCUT2D eigenvalue weighted by Gasteiger charge is 2.13. The van der Waals surface area contributed by atoms with Crippen LogP contribution in [0.5, 0.6) is 0 Å². The van der Waals surface area contributed by atoms with Crippen LogP contribution in [0.15, 0.2) is 0 Å². The van der Waals surface area contributed by atoms with Gasteiger partial charge in [0.1, 0.15) is 0 Å². The minimum atomic E-state index is -0.550. The van der Waals surface area contributed by atoms with Crippen molar-refractivity contribution in [2.45, 2.75) is 6.92 Å². The third-order valence-corrected chi connectivity index (χ3v) is 1.34. The van der Waals surface area contributed by atoms with Gasteiger partial charge >= 0.3 is 12.1 Å². The fourth-order valence-corrected chi connectivity index (χ4v) is 0.593. The molecule has 1 amide bonds. The van der Waals surface area contributed by atoms with Gasteiger partial charge in [0.25, 0.3) is 0 Å². The Bertz CT molecular complexity index is 169. The molecule has 1 atom stereocenters. The van der Waals surface area contributed by atoms with Crippen molar-refractivity contribution in [2.24, 2.45) is 5.92 Å². The molecule has 0 aliphatic rings. The number of hydrogen-bond acceptors (Lipinski definition) is 4. The van der Waals surface area contributed by atoms with Crippen molar-refractivity contribution in [1.29, 1.82) is 0 Å². The zero-order valence-corrected chi connectivity index (χ0v) is 7.42. The summed E-state index contributed by atoms with van der Waals surface area (Å²) >= 11 is 0. The Morgan fingerprint density at radius 1 is 1.33 bits per heavy atom. The molecule has 5 nitrogen and oxygen atoms in total. The average molecular weight is 175 g/mol. The molecule has 0 spiro atoms. The molecule has 12 heavy (non-hydrogen) atoms. The maximum atomic E-state index is 10.8. The van der Waals surface area contributed by atoms with Crippen LogP contribution in [0.1, 0.15) is 6.92 Å². The minimum Gasteiger partial charge on any atom is -0.469 e. The molecule has 0 fully saturated rings. The SMILES string of the molecule is COC(=O)NCC(C)C(=O)OC. The largest absolute Gasteiger partial charge is 0.469 e. The van der Waals surface area contributed by atoms with Crippen molar-refractivity contribution < 1.29 is 19.1 Å². The van der Waals surface area contributed by atoms with E-state index in [-0.39, 0.29) is 18.4 Å². The Morgan fingerprint density at radius 2 is 1.92 bits per heavy atom. The van der Waals surface area contributed by atoms with Crippen LogP contribution in [-0.4, -0.2) is 32.8 Å². The normalized spacial score (nSPS) is 11.6. The molecule has 5 heteroatoms. The summed E-state index contributed by atoms with van der Waals surface area (Å²) < 4.78 is 8.76. The Balaban J connectivity index is 3.63. The number of alkyl carbamates (subject to hydrolysis) is 1. The Hall–Kier alpha value is -1.26. The molecule has 0 radical (unpaired) electrons. The number of nitrogens with one attached hydrogen (secondary N) is 1. The van der Waals surface area contributed by atoms with Crippen molar-refractivity contribution in [2.75, 3.05) is 20.8 Å². The molecule has 0 aliphatic carbocycles. The van der Waals surface area contributed by atoms with E-state index in [1.165, 1.54) is 14.2 Å². The van der Waals surface area contributed by atoms with Crippen LogP contribution in [0.25, 0.3) is 0 Å². The summed E-state index contributed by atoms with van der Waals surface area (Å²) in [6.45, 7) is 1.88. The first-order valence-electron chi connectivity index (χ1n) is 3.51. The molecule has 0 aromatic heterocycles. The van der Waals surface area contributed by atoms with E-state index in [9.17, 15) is 9.59 Å². The number of hydrogen-bond donors (Lipinski definition) is 1. The highest BCUT2D eigenvalue weighted by atomic mass is 16.5. The Labute approximate surface area is 71.0 Å². The minimum absolute atomic E-state index is 0.222. The lowest BCUT2D eigenvalue weighted by atomic mass is 10.2. The van der Waals surface area contributed by atoms with Gasteiger partial charge in [-0.2, -0.15) is 0 Å². The highest BCUT2D eigenvalue weighted by Crippen LogP contribution is 1.94. The average Bonchev–Trinajstić information content (AvgIpc) is 2.11. The van der Waals surface area contributed by atoms with Crippen LogP contribution in [0.3, 0.4) is 0 Å².